The Morgan fingerprint density at radius 1 is 0.422 bits per heavy atom. The molecule has 8 rings (SSSR count). The Balaban J connectivity index is 1.27. The lowest BCUT2D eigenvalue weighted by Crippen LogP contribution is -2.10. The Morgan fingerprint density at radius 2 is 0.956 bits per heavy atom. The van der Waals surface area contributed by atoms with Crippen molar-refractivity contribution in [2.45, 2.75) is 0 Å². The zero-order chi connectivity index (χ0) is 30.0. The largest absolute Gasteiger partial charge is 0.310 e. The van der Waals surface area contributed by atoms with Crippen LogP contribution in [0.25, 0.3) is 31.6 Å². The van der Waals surface area contributed by atoms with E-state index in [0.29, 0.717) is 0 Å². The van der Waals surface area contributed by atoms with Gasteiger partial charge in [-0.25, -0.2) is 4.98 Å². The first-order chi connectivity index (χ1) is 22.3. The molecule has 3 nitrogen and oxygen atoms in total. The normalized spacial score (nSPS) is 11.1. The molecule has 0 bridgehead atoms. The highest BCUT2D eigenvalue weighted by Crippen LogP contribution is 2.44. The second-order valence-corrected chi connectivity index (χ2v) is 11.9. The van der Waals surface area contributed by atoms with E-state index >= 15 is 0 Å². The fourth-order valence-electron chi connectivity index (χ4n) is 6.01. The van der Waals surface area contributed by atoms with Gasteiger partial charge in [0, 0.05) is 33.7 Å². The number of nitrogens with zero attached hydrogens (tertiary/aromatic N) is 3. The molecule has 0 spiro atoms. The molecule has 0 N–H and O–H groups in total. The summed E-state index contributed by atoms with van der Waals surface area (Å²) in [4.78, 5) is 9.84. The van der Waals surface area contributed by atoms with Crippen molar-refractivity contribution in [1.29, 1.82) is 0 Å². The molecule has 1 heterocycles. The number of para-hydroxylation sites is 4. The minimum atomic E-state index is 0.991. The van der Waals surface area contributed by atoms with E-state index in [-0.39, 0.29) is 0 Å². The fraction of sp³-hybridized carbons (Fsp3) is 0. The first kappa shape index (κ1) is 26.9. The number of rotatable bonds is 7. The number of benzene rings is 7. The van der Waals surface area contributed by atoms with Crippen molar-refractivity contribution < 1.29 is 0 Å². The van der Waals surface area contributed by atoms with E-state index in [2.05, 4.69) is 186 Å². The molecule has 4 heteroatoms. The molecule has 45 heavy (non-hydrogen) atoms. The number of anilines is 6. The summed E-state index contributed by atoms with van der Waals surface area (Å²) in [5.74, 6) is 0. The summed E-state index contributed by atoms with van der Waals surface area (Å²) in [6, 6.07) is 61.9. The Labute approximate surface area is 266 Å². The number of hydrogen-bond acceptors (Lipinski definition) is 4. The average molecular weight is 596 g/mol. The Morgan fingerprint density at radius 3 is 1.64 bits per heavy atom. The summed E-state index contributed by atoms with van der Waals surface area (Å²) in [6.45, 7) is 0. The van der Waals surface area contributed by atoms with Crippen molar-refractivity contribution in [3.05, 3.63) is 176 Å². The van der Waals surface area contributed by atoms with Crippen LogP contribution >= 0.6 is 11.3 Å². The summed E-state index contributed by atoms with van der Waals surface area (Å²) in [5, 5.41) is 3.42. The quantitative estimate of drug-likeness (QED) is 0.183. The van der Waals surface area contributed by atoms with Gasteiger partial charge in [0.25, 0.3) is 0 Å². The molecule has 0 atom stereocenters. The lowest BCUT2D eigenvalue weighted by Gasteiger charge is -2.27. The Hall–Kier alpha value is -5.71. The van der Waals surface area contributed by atoms with E-state index < -0.39 is 0 Å². The van der Waals surface area contributed by atoms with Crippen LogP contribution in [0.4, 0.5) is 34.1 Å². The molecule has 0 saturated heterocycles. The Bertz CT molecular complexity index is 2180. The molecule has 0 aliphatic heterocycles. The fourth-order valence-corrected chi connectivity index (χ4v) is 7.04. The third-order valence-electron chi connectivity index (χ3n) is 8.06. The van der Waals surface area contributed by atoms with Crippen LogP contribution < -0.4 is 9.80 Å². The Kier molecular flexibility index (Phi) is 7.02. The summed E-state index contributed by atoms with van der Waals surface area (Å²) in [6.07, 6.45) is 0. The van der Waals surface area contributed by atoms with Crippen molar-refractivity contribution in [1.82, 2.24) is 4.98 Å². The molecule has 0 unspecified atom stereocenters. The molecular weight excluding hydrogens is 567 g/mol. The van der Waals surface area contributed by atoms with E-state index in [1.165, 1.54) is 10.8 Å². The second kappa shape index (κ2) is 11.8. The van der Waals surface area contributed by atoms with Gasteiger partial charge in [-0.05, 0) is 78.2 Å². The van der Waals surface area contributed by atoms with Gasteiger partial charge >= 0.3 is 0 Å². The van der Waals surface area contributed by atoms with Gasteiger partial charge in [-0.15, -0.1) is 11.3 Å². The molecule has 8 aromatic rings. The van der Waals surface area contributed by atoms with Crippen molar-refractivity contribution in [3.63, 3.8) is 0 Å². The monoisotopic (exact) mass is 595 g/mol. The zero-order valence-electron chi connectivity index (χ0n) is 24.5. The first-order valence-electron chi connectivity index (χ1n) is 15.1. The summed E-state index contributed by atoms with van der Waals surface area (Å²) < 4.78 is 1.14. The van der Waals surface area contributed by atoms with E-state index in [1.54, 1.807) is 11.3 Å². The third-order valence-corrected chi connectivity index (χ3v) is 9.11. The van der Waals surface area contributed by atoms with Gasteiger partial charge < -0.3 is 9.80 Å². The molecule has 7 aromatic carbocycles. The van der Waals surface area contributed by atoms with Crippen LogP contribution in [0.5, 0.6) is 0 Å². The smallest absolute Gasteiger partial charge is 0.126 e. The number of thiazole rings is 1. The first-order valence-corrected chi connectivity index (χ1v) is 15.9. The van der Waals surface area contributed by atoms with Gasteiger partial charge in [0.1, 0.15) is 5.01 Å². The number of hydrogen-bond donors (Lipinski definition) is 0. The maximum atomic E-state index is 5.18. The summed E-state index contributed by atoms with van der Waals surface area (Å²) >= 11 is 1.73. The van der Waals surface area contributed by atoms with Crippen molar-refractivity contribution >= 4 is 66.5 Å². The van der Waals surface area contributed by atoms with Crippen molar-refractivity contribution in [3.8, 4) is 10.6 Å². The molecule has 214 valence electrons. The van der Waals surface area contributed by atoms with Crippen LogP contribution in [0.3, 0.4) is 0 Å². The molecule has 1 aromatic heterocycles. The van der Waals surface area contributed by atoms with Gasteiger partial charge in [0.05, 0.1) is 21.6 Å². The van der Waals surface area contributed by atoms with Crippen LogP contribution in [0, 0.1) is 0 Å². The lowest BCUT2D eigenvalue weighted by molar-refractivity contribution is 1.28. The van der Waals surface area contributed by atoms with Gasteiger partial charge in [-0.1, -0.05) is 103 Å². The highest BCUT2D eigenvalue weighted by atomic mass is 32.1. The van der Waals surface area contributed by atoms with Crippen LogP contribution in [0.2, 0.25) is 0 Å². The van der Waals surface area contributed by atoms with Crippen LogP contribution in [0.1, 0.15) is 0 Å². The van der Waals surface area contributed by atoms with Crippen molar-refractivity contribution in [2.75, 3.05) is 9.80 Å². The standard InChI is InChI=1S/C41H29N3S/c1-4-17-31(18-5-1)43(32-19-6-2-7-20-32)39-25-13-12-24-36(39)41-42-37-28-27-34(29-40(37)45-41)44(33-21-8-3-9-22-33)38-26-14-16-30-15-10-11-23-35(30)38/h1-29H. The van der Waals surface area contributed by atoms with Gasteiger partial charge in [0.2, 0.25) is 0 Å². The van der Waals surface area contributed by atoms with E-state index in [4.69, 9.17) is 4.98 Å². The maximum Gasteiger partial charge on any atom is 0.126 e. The van der Waals surface area contributed by atoms with Crippen LogP contribution in [0.15, 0.2) is 176 Å². The van der Waals surface area contributed by atoms with Gasteiger partial charge in [0.15, 0.2) is 0 Å². The summed E-state index contributed by atoms with van der Waals surface area (Å²) in [5.41, 5.74) is 8.76. The van der Waals surface area contributed by atoms with E-state index in [0.717, 1.165) is 54.9 Å². The van der Waals surface area contributed by atoms with E-state index in [1.807, 2.05) is 0 Å². The molecule has 0 aliphatic rings. The van der Waals surface area contributed by atoms with E-state index in [9.17, 15) is 0 Å². The average Bonchev–Trinajstić information content (AvgIpc) is 3.54. The van der Waals surface area contributed by atoms with Crippen LogP contribution in [-0.2, 0) is 0 Å². The number of fused-ring (bicyclic) bond motifs is 2. The molecular formula is C41H29N3S. The second-order valence-electron chi connectivity index (χ2n) is 10.9. The minimum Gasteiger partial charge on any atom is -0.310 e. The van der Waals surface area contributed by atoms with Gasteiger partial charge in [-0.3, -0.25) is 0 Å². The highest BCUT2D eigenvalue weighted by Gasteiger charge is 2.20. The molecule has 0 fully saturated rings. The SMILES string of the molecule is c1ccc(N(c2ccccc2)c2ccccc2-c2nc3ccc(N(c4ccccc4)c4cccc5ccccc45)cc3s2)cc1. The zero-order valence-corrected chi connectivity index (χ0v) is 25.3. The predicted molar refractivity (Wildman–Crippen MR) is 192 cm³/mol. The highest BCUT2D eigenvalue weighted by molar-refractivity contribution is 7.21. The minimum absolute atomic E-state index is 0.991. The van der Waals surface area contributed by atoms with Gasteiger partial charge in [-0.2, -0.15) is 0 Å². The molecule has 0 radical (unpaired) electrons. The summed E-state index contributed by atoms with van der Waals surface area (Å²) in [7, 11) is 0. The molecule has 0 aliphatic carbocycles. The number of aromatic nitrogens is 1. The maximum absolute atomic E-state index is 5.18. The lowest BCUT2D eigenvalue weighted by atomic mass is 10.1. The predicted octanol–water partition coefficient (Wildman–Crippen LogP) is 12.1. The molecule has 0 saturated carbocycles. The molecule has 0 amide bonds. The topological polar surface area (TPSA) is 19.4 Å². The van der Waals surface area contributed by atoms with Crippen molar-refractivity contribution in [2.24, 2.45) is 0 Å². The van der Waals surface area contributed by atoms with Crippen LogP contribution in [-0.4, -0.2) is 4.98 Å². The third kappa shape index (κ3) is 5.12.